The molecule has 1 aliphatic rings. The van der Waals surface area contributed by atoms with Gasteiger partial charge in [-0.15, -0.1) is 0 Å². The third-order valence-corrected chi connectivity index (χ3v) is 2.86. The fourth-order valence-electron chi connectivity index (χ4n) is 1.34. The van der Waals surface area contributed by atoms with Crippen molar-refractivity contribution in [2.75, 3.05) is 6.61 Å². The second kappa shape index (κ2) is 5.58. The molecule has 0 aromatic rings. The Morgan fingerprint density at radius 1 is 1.86 bits per heavy atom. The van der Waals surface area contributed by atoms with Crippen molar-refractivity contribution in [3.63, 3.8) is 0 Å². The quantitative estimate of drug-likeness (QED) is 0.348. The van der Waals surface area contributed by atoms with Gasteiger partial charge in [-0.05, 0) is 20.3 Å². The molecule has 14 heavy (non-hydrogen) atoms. The number of esters is 1. The first-order chi connectivity index (χ1) is 6.63. The van der Waals surface area contributed by atoms with E-state index in [4.69, 9.17) is 9.47 Å². The smallest absolute Gasteiger partial charge is 0.334 e. The number of hydrogen-bond donors (Lipinski definition) is 0. The van der Waals surface area contributed by atoms with E-state index in [-0.39, 0.29) is 12.1 Å². The average molecular weight is 310 g/mol. The van der Waals surface area contributed by atoms with Crippen LogP contribution in [0.2, 0.25) is 0 Å². The minimum absolute atomic E-state index is 0.247. The molecule has 1 aliphatic heterocycles. The molecule has 1 rings (SSSR count). The molecular formula is C10H15IO3. The molecule has 0 amide bonds. The fraction of sp³-hybridized carbons (Fsp3) is 0.700. The van der Waals surface area contributed by atoms with Gasteiger partial charge in [0.25, 0.3) is 0 Å². The van der Waals surface area contributed by atoms with E-state index in [0.717, 1.165) is 18.6 Å². The lowest BCUT2D eigenvalue weighted by Gasteiger charge is -2.12. The van der Waals surface area contributed by atoms with Crippen LogP contribution in [-0.4, -0.2) is 22.6 Å². The third kappa shape index (κ3) is 3.48. The van der Waals surface area contributed by atoms with Crippen molar-refractivity contribution in [2.45, 2.75) is 36.7 Å². The summed E-state index contributed by atoms with van der Waals surface area (Å²) in [7, 11) is 0. The highest BCUT2D eigenvalue weighted by Gasteiger charge is 2.24. The standard InChI is InChI=1S/C10H15IO3/c1-3-13-10(12)6-8-4-5-9(14-8)7(2)11/h6-7,9H,3-5H2,1-2H3/b8-6+. The molecule has 1 saturated heterocycles. The number of ether oxygens (including phenoxy) is 2. The monoisotopic (exact) mass is 310 g/mol. The largest absolute Gasteiger partial charge is 0.493 e. The summed E-state index contributed by atoms with van der Waals surface area (Å²) >= 11 is 2.34. The van der Waals surface area contributed by atoms with Gasteiger partial charge >= 0.3 is 5.97 Å². The first kappa shape index (κ1) is 11.8. The Bertz CT molecular complexity index is 236. The number of rotatable bonds is 3. The van der Waals surface area contributed by atoms with Gasteiger partial charge < -0.3 is 9.47 Å². The van der Waals surface area contributed by atoms with Crippen molar-refractivity contribution >= 4 is 28.6 Å². The van der Waals surface area contributed by atoms with Crippen LogP contribution in [0.3, 0.4) is 0 Å². The van der Waals surface area contributed by atoms with E-state index in [2.05, 4.69) is 29.5 Å². The molecule has 0 N–H and O–H groups in total. The van der Waals surface area contributed by atoms with Crippen molar-refractivity contribution < 1.29 is 14.3 Å². The number of alkyl halides is 1. The summed E-state index contributed by atoms with van der Waals surface area (Å²) in [6.07, 6.45) is 3.55. The van der Waals surface area contributed by atoms with E-state index in [1.165, 1.54) is 6.08 Å². The second-order valence-corrected chi connectivity index (χ2v) is 5.20. The van der Waals surface area contributed by atoms with Crippen LogP contribution >= 0.6 is 22.6 Å². The first-order valence-corrected chi connectivity index (χ1v) is 6.06. The highest BCUT2D eigenvalue weighted by Crippen LogP contribution is 2.28. The maximum absolute atomic E-state index is 11.1. The number of halogens is 1. The number of carbonyl (C=O) groups excluding carboxylic acids is 1. The van der Waals surface area contributed by atoms with Crippen molar-refractivity contribution in [1.29, 1.82) is 0 Å². The van der Waals surface area contributed by atoms with Crippen LogP contribution in [0.25, 0.3) is 0 Å². The molecule has 0 aliphatic carbocycles. The molecule has 0 aromatic heterocycles. The van der Waals surface area contributed by atoms with Crippen LogP contribution in [0, 0.1) is 0 Å². The van der Waals surface area contributed by atoms with Gasteiger partial charge in [-0.25, -0.2) is 4.79 Å². The van der Waals surface area contributed by atoms with Crippen LogP contribution in [-0.2, 0) is 14.3 Å². The minimum Gasteiger partial charge on any atom is -0.493 e. The number of hydrogen-bond acceptors (Lipinski definition) is 3. The molecule has 80 valence electrons. The summed E-state index contributed by atoms with van der Waals surface area (Å²) in [6, 6.07) is 0. The number of carbonyl (C=O) groups is 1. The van der Waals surface area contributed by atoms with E-state index in [9.17, 15) is 4.79 Å². The van der Waals surface area contributed by atoms with Gasteiger partial charge in [0.2, 0.25) is 0 Å². The van der Waals surface area contributed by atoms with Gasteiger partial charge in [-0.1, -0.05) is 22.6 Å². The van der Waals surface area contributed by atoms with Crippen LogP contribution < -0.4 is 0 Å². The van der Waals surface area contributed by atoms with Crippen LogP contribution in [0.1, 0.15) is 26.7 Å². The second-order valence-electron chi connectivity index (χ2n) is 3.24. The Balaban J connectivity index is 2.44. The fourth-order valence-corrected chi connectivity index (χ4v) is 1.85. The lowest BCUT2D eigenvalue weighted by Crippen LogP contribution is -2.15. The van der Waals surface area contributed by atoms with Crippen LogP contribution in [0.4, 0.5) is 0 Å². The van der Waals surface area contributed by atoms with Crippen molar-refractivity contribution in [3.8, 4) is 0 Å². The number of allylic oxidation sites excluding steroid dienone is 1. The lowest BCUT2D eigenvalue weighted by molar-refractivity contribution is -0.137. The minimum atomic E-state index is -0.302. The van der Waals surface area contributed by atoms with E-state index in [1.54, 1.807) is 6.92 Å². The predicted octanol–water partition coefficient (Wildman–Crippen LogP) is 2.44. The van der Waals surface area contributed by atoms with E-state index < -0.39 is 0 Å². The van der Waals surface area contributed by atoms with Gasteiger partial charge in [-0.3, -0.25) is 0 Å². The van der Waals surface area contributed by atoms with Gasteiger partial charge in [0, 0.05) is 10.3 Å². The first-order valence-electron chi connectivity index (χ1n) is 4.81. The zero-order chi connectivity index (χ0) is 10.6. The lowest BCUT2D eigenvalue weighted by atomic mass is 10.2. The Morgan fingerprint density at radius 2 is 2.57 bits per heavy atom. The summed E-state index contributed by atoms with van der Waals surface area (Å²) < 4.78 is 10.9. The van der Waals surface area contributed by atoms with Gasteiger partial charge in [0.15, 0.2) is 0 Å². The van der Waals surface area contributed by atoms with E-state index in [0.29, 0.717) is 10.5 Å². The molecule has 3 nitrogen and oxygen atoms in total. The predicted molar refractivity (Wildman–Crippen MR) is 62.3 cm³/mol. The molecular weight excluding hydrogens is 295 g/mol. The molecule has 2 unspecified atom stereocenters. The topological polar surface area (TPSA) is 35.5 Å². The highest BCUT2D eigenvalue weighted by atomic mass is 127. The Kier molecular flexibility index (Phi) is 4.71. The highest BCUT2D eigenvalue weighted by molar-refractivity contribution is 14.1. The van der Waals surface area contributed by atoms with E-state index in [1.807, 2.05) is 0 Å². The zero-order valence-electron chi connectivity index (χ0n) is 8.46. The Labute approximate surface area is 98.0 Å². The van der Waals surface area contributed by atoms with Crippen LogP contribution in [0.15, 0.2) is 11.8 Å². The maximum atomic E-state index is 11.1. The molecule has 0 radical (unpaired) electrons. The normalized spacial score (nSPS) is 25.9. The molecule has 0 aromatic carbocycles. The summed E-state index contributed by atoms with van der Waals surface area (Å²) in [5.74, 6) is 0.459. The molecule has 4 heteroatoms. The SMILES string of the molecule is CCOC(=O)/C=C1\CCC(C(C)I)O1. The Morgan fingerprint density at radius 3 is 3.07 bits per heavy atom. The summed E-state index contributed by atoms with van der Waals surface area (Å²) in [5.41, 5.74) is 0. The molecule has 0 bridgehead atoms. The zero-order valence-corrected chi connectivity index (χ0v) is 10.6. The molecule has 2 atom stereocenters. The maximum Gasteiger partial charge on any atom is 0.334 e. The van der Waals surface area contributed by atoms with E-state index >= 15 is 0 Å². The van der Waals surface area contributed by atoms with Gasteiger partial charge in [-0.2, -0.15) is 0 Å². The summed E-state index contributed by atoms with van der Waals surface area (Å²) in [5, 5.41) is 0. The summed E-state index contributed by atoms with van der Waals surface area (Å²) in [6.45, 7) is 4.31. The average Bonchev–Trinajstić information content (AvgIpc) is 2.53. The van der Waals surface area contributed by atoms with Gasteiger partial charge in [0.1, 0.15) is 11.9 Å². The molecule has 1 fully saturated rings. The van der Waals surface area contributed by atoms with Crippen LogP contribution in [0.5, 0.6) is 0 Å². The van der Waals surface area contributed by atoms with Crippen molar-refractivity contribution in [3.05, 3.63) is 11.8 Å². The molecule has 0 saturated carbocycles. The van der Waals surface area contributed by atoms with Crippen molar-refractivity contribution in [2.24, 2.45) is 0 Å². The van der Waals surface area contributed by atoms with Crippen molar-refractivity contribution in [1.82, 2.24) is 0 Å². The molecule has 1 heterocycles. The Hall–Kier alpha value is -0.260. The van der Waals surface area contributed by atoms with Gasteiger partial charge in [0.05, 0.1) is 12.7 Å². The molecule has 0 spiro atoms. The summed E-state index contributed by atoms with van der Waals surface area (Å²) in [4.78, 5) is 11.1. The third-order valence-electron chi connectivity index (χ3n) is 2.06.